The van der Waals surface area contributed by atoms with Crippen LogP contribution in [0.15, 0.2) is 84.0 Å². The Balaban J connectivity index is 1.49. The minimum absolute atomic E-state index is 0.0449. The Labute approximate surface area is 205 Å². The van der Waals surface area contributed by atoms with E-state index in [1.807, 2.05) is 61.5 Å². The highest BCUT2D eigenvalue weighted by molar-refractivity contribution is 6.05. The van der Waals surface area contributed by atoms with Gasteiger partial charge in [-0.15, -0.1) is 0 Å². The number of amides is 2. The lowest BCUT2D eigenvalue weighted by molar-refractivity contribution is -0.125. The SMILES string of the molecule is CO/N=C1\CC(C(=O)NCC(O)c2ccccc2)N(C(=O)c2ccc(-c3ccccc3C)cc2)C1. The van der Waals surface area contributed by atoms with Crippen LogP contribution in [0.4, 0.5) is 0 Å². The second-order valence-electron chi connectivity index (χ2n) is 8.56. The topological polar surface area (TPSA) is 91.2 Å². The molecule has 1 saturated heterocycles. The van der Waals surface area contributed by atoms with Crippen LogP contribution in [0.5, 0.6) is 0 Å². The Morgan fingerprint density at radius 1 is 1.06 bits per heavy atom. The van der Waals surface area contributed by atoms with Crippen molar-refractivity contribution < 1.29 is 19.5 Å². The van der Waals surface area contributed by atoms with E-state index in [-0.39, 0.29) is 31.3 Å². The maximum atomic E-state index is 13.4. The van der Waals surface area contributed by atoms with Crippen molar-refractivity contribution >= 4 is 17.5 Å². The van der Waals surface area contributed by atoms with Crippen molar-refractivity contribution in [3.63, 3.8) is 0 Å². The highest BCUT2D eigenvalue weighted by Gasteiger charge is 2.38. The van der Waals surface area contributed by atoms with E-state index in [2.05, 4.69) is 10.5 Å². The Hall–Kier alpha value is -3.97. The van der Waals surface area contributed by atoms with Crippen molar-refractivity contribution in [3.05, 3.63) is 95.6 Å². The molecule has 0 spiro atoms. The third kappa shape index (κ3) is 5.58. The Morgan fingerprint density at radius 2 is 1.74 bits per heavy atom. The largest absolute Gasteiger partial charge is 0.399 e. The summed E-state index contributed by atoms with van der Waals surface area (Å²) in [6.07, 6.45) is -0.569. The van der Waals surface area contributed by atoms with Gasteiger partial charge in [-0.05, 0) is 41.3 Å². The number of rotatable bonds is 7. The van der Waals surface area contributed by atoms with Crippen molar-refractivity contribution in [2.45, 2.75) is 25.5 Å². The van der Waals surface area contributed by atoms with Crippen LogP contribution in [0, 0.1) is 6.92 Å². The molecule has 1 aliphatic rings. The van der Waals surface area contributed by atoms with E-state index in [0.29, 0.717) is 16.8 Å². The number of carbonyl (C=O) groups excluding carboxylic acids is 2. The number of aryl methyl sites for hydroxylation is 1. The van der Waals surface area contributed by atoms with Crippen molar-refractivity contribution in [2.24, 2.45) is 5.16 Å². The molecule has 2 N–H and O–H groups in total. The molecule has 2 atom stereocenters. The number of hydrogen-bond acceptors (Lipinski definition) is 5. The molecule has 2 amide bonds. The van der Waals surface area contributed by atoms with Crippen molar-refractivity contribution in [1.29, 1.82) is 0 Å². The molecule has 7 nitrogen and oxygen atoms in total. The molecule has 0 radical (unpaired) electrons. The Bertz CT molecular complexity index is 1210. The van der Waals surface area contributed by atoms with Crippen LogP contribution in [0.25, 0.3) is 11.1 Å². The first-order valence-corrected chi connectivity index (χ1v) is 11.5. The van der Waals surface area contributed by atoms with Crippen LogP contribution < -0.4 is 5.32 Å². The van der Waals surface area contributed by atoms with Crippen molar-refractivity contribution in [3.8, 4) is 11.1 Å². The van der Waals surface area contributed by atoms with E-state index in [9.17, 15) is 14.7 Å². The van der Waals surface area contributed by atoms with E-state index in [0.717, 1.165) is 16.7 Å². The smallest absolute Gasteiger partial charge is 0.254 e. The van der Waals surface area contributed by atoms with E-state index in [1.165, 1.54) is 12.0 Å². The first-order chi connectivity index (χ1) is 17.0. The molecular weight excluding hydrogens is 442 g/mol. The molecule has 180 valence electrons. The van der Waals surface area contributed by atoms with Gasteiger partial charge < -0.3 is 20.2 Å². The van der Waals surface area contributed by atoms with Gasteiger partial charge in [0, 0.05) is 18.5 Å². The fourth-order valence-electron chi connectivity index (χ4n) is 4.31. The number of nitrogens with one attached hydrogen (secondary N) is 1. The molecule has 3 aromatic rings. The molecule has 0 bridgehead atoms. The van der Waals surface area contributed by atoms with Gasteiger partial charge in [0.15, 0.2) is 0 Å². The quantitative estimate of drug-likeness (QED) is 0.514. The molecule has 1 heterocycles. The molecule has 35 heavy (non-hydrogen) atoms. The number of oxime groups is 1. The second kappa shape index (κ2) is 11.0. The number of hydrogen-bond donors (Lipinski definition) is 2. The van der Waals surface area contributed by atoms with Crippen molar-refractivity contribution in [1.82, 2.24) is 10.2 Å². The molecule has 0 saturated carbocycles. The predicted octanol–water partition coefficient (Wildman–Crippen LogP) is 3.73. The normalized spacial score (nSPS) is 17.3. The van der Waals surface area contributed by atoms with Gasteiger partial charge in [0.05, 0.1) is 18.4 Å². The van der Waals surface area contributed by atoms with Crippen LogP contribution in [-0.4, -0.2) is 53.8 Å². The lowest BCUT2D eigenvalue weighted by Crippen LogP contribution is -2.46. The average molecular weight is 472 g/mol. The Kier molecular flexibility index (Phi) is 7.57. The summed E-state index contributed by atoms with van der Waals surface area (Å²) >= 11 is 0. The van der Waals surface area contributed by atoms with Crippen LogP contribution in [-0.2, 0) is 9.63 Å². The van der Waals surface area contributed by atoms with E-state index < -0.39 is 12.1 Å². The third-order valence-corrected chi connectivity index (χ3v) is 6.18. The zero-order chi connectivity index (χ0) is 24.8. The summed E-state index contributed by atoms with van der Waals surface area (Å²) in [7, 11) is 1.44. The lowest BCUT2D eigenvalue weighted by Gasteiger charge is -2.24. The zero-order valence-electron chi connectivity index (χ0n) is 19.8. The van der Waals surface area contributed by atoms with Gasteiger partial charge in [-0.2, -0.15) is 0 Å². The number of likely N-dealkylation sites (tertiary alicyclic amines) is 1. The average Bonchev–Trinajstić information content (AvgIpc) is 3.32. The lowest BCUT2D eigenvalue weighted by atomic mass is 9.99. The number of aliphatic hydroxyl groups excluding tert-OH is 1. The standard InChI is InChI=1S/C28H29N3O4/c1-19-8-6-7-11-24(19)20-12-14-22(15-13-20)28(34)31-18-23(30-35-2)16-25(31)27(33)29-17-26(32)21-9-4-3-5-10-21/h3-15,25-26,32H,16-18H2,1-2H3,(H,29,33)/b30-23+. The zero-order valence-corrected chi connectivity index (χ0v) is 19.8. The van der Waals surface area contributed by atoms with Gasteiger partial charge in [0.1, 0.15) is 13.2 Å². The van der Waals surface area contributed by atoms with Gasteiger partial charge in [-0.1, -0.05) is 71.9 Å². The van der Waals surface area contributed by atoms with Crippen LogP contribution in [0.1, 0.15) is 34.0 Å². The van der Waals surface area contributed by atoms with E-state index in [1.54, 1.807) is 24.3 Å². The van der Waals surface area contributed by atoms with Crippen LogP contribution in [0.3, 0.4) is 0 Å². The highest BCUT2D eigenvalue weighted by Crippen LogP contribution is 2.25. The summed E-state index contributed by atoms with van der Waals surface area (Å²) in [4.78, 5) is 32.8. The van der Waals surface area contributed by atoms with E-state index >= 15 is 0 Å². The third-order valence-electron chi connectivity index (χ3n) is 6.18. The monoisotopic (exact) mass is 471 g/mol. The second-order valence-corrected chi connectivity index (χ2v) is 8.56. The molecular formula is C28H29N3O4. The van der Waals surface area contributed by atoms with Gasteiger partial charge >= 0.3 is 0 Å². The molecule has 4 rings (SSSR count). The predicted molar refractivity (Wildman–Crippen MR) is 135 cm³/mol. The minimum atomic E-state index is -0.841. The first-order valence-electron chi connectivity index (χ1n) is 11.5. The molecule has 1 fully saturated rings. The fourth-order valence-corrected chi connectivity index (χ4v) is 4.31. The summed E-state index contributed by atoms with van der Waals surface area (Å²) in [5, 5.41) is 17.2. The summed E-state index contributed by atoms with van der Waals surface area (Å²) in [5.41, 5.74) is 5.09. The molecule has 7 heteroatoms. The summed E-state index contributed by atoms with van der Waals surface area (Å²) in [5.74, 6) is -0.599. The highest BCUT2D eigenvalue weighted by atomic mass is 16.6. The van der Waals surface area contributed by atoms with Crippen LogP contribution >= 0.6 is 0 Å². The maximum absolute atomic E-state index is 13.4. The summed E-state index contributed by atoms with van der Waals surface area (Å²) in [6.45, 7) is 2.29. The number of carbonyl (C=O) groups is 2. The summed E-state index contributed by atoms with van der Waals surface area (Å²) < 4.78 is 0. The number of aliphatic hydroxyl groups is 1. The molecule has 0 aliphatic carbocycles. The molecule has 1 aliphatic heterocycles. The number of benzene rings is 3. The fraction of sp³-hybridized carbons (Fsp3) is 0.250. The first kappa shape index (κ1) is 24.2. The van der Waals surface area contributed by atoms with Gasteiger partial charge in [0.25, 0.3) is 5.91 Å². The van der Waals surface area contributed by atoms with Crippen molar-refractivity contribution in [2.75, 3.05) is 20.2 Å². The van der Waals surface area contributed by atoms with Crippen LogP contribution in [0.2, 0.25) is 0 Å². The van der Waals surface area contributed by atoms with Gasteiger partial charge in [-0.25, -0.2) is 0 Å². The molecule has 0 aromatic heterocycles. The minimum Gasteiger partial charge on any atom is -0.399 e. The molecule has 3 aromatic carbocycles. The number of nitrogens with zero attached hydrogens (tertiary/aromatic N) is 2. The summed E-state index contributed by atoms with van der Waals surface area (Å²) in [6, 6.07) is 23.8. The molecule has 2 unspecified atom stereocenters. The van der Waals surface area contributed by atoms with E-state index in [4.69, 9.17) is 4.84 Å². The van der Waals surface area contributed by atoms with Gasteiger partial charge in [-0.3, -0.25) is 9.59 Å². The Morgan fingerprint density at radius 3 is 2.43 bits per heavy atom. The van der Waals surface area contributed by atoms with Gasteiger partial charge in [0.2, 0.25) is 5.91 Å². The maximum Gasteiger partial charge on any atom is 0.254 e.